The SMILES string of the molecule is Cl.Nc1cccc(O)c1-c1ccc(-c2ccccc2)s1.OB(O)O. The lowest BCUT2D eigenvalue weighted by Crippen LogP contribution is -2.07. The molecule has 126 valence electrons. The summed E-state index contributed by atoms with van der Waals surface area (Å²) in [5.41, 5.74) is 8.44. The van der Waals surface area contributed by atoms with Gasteiger partial charge in [0.15, 0.2) is 0 Å². The van der Waals surface area contributed by atoms with Crippen LogP contribution in [0.25, 0.3) is 20.9 Å². The first kappa shape index (κ1) is 20.0. The molecule has 1 aromatic heterocycles. The molecule has 8 heteroatoms. The van der Waals surface area contributed by atoms with E-state index in [9.17, 15) is 5.11 Å². The molecule has 3 rings (SSSR count). The van der Waals surface area contributed by atoms with Crippen LogP contribution in [0.15, 0.2) is 60.7 Å². The van der Waals surface area contributed by atoms with Gasteiger partial charge in [0.25, 0.3) is 0 Å². The van der Waals surface area contributed by atoms with E-state index in [1.165, 1.54) is 10.4 Å². The predicted molar refractivity (Wildman–Crippen MR) is 101 cm³/mol. The number of phenolic OH excluding ortho intramolecular Hbond substituents is 1. The van der Waals surface area contributed by atoms with E-state index < -0.39 is 7.32 Å². The van der Waals surface area contributed by atoms with Crippen LogP contribution in [0.5, 0.6) is 5.75 Å². The third-order valence-corrected chi connectivity index (χ3v) is 4.14. The summed E-state index contributed by atoms with van der Waals surface area (Å²) in [7, 11) is -2.17. The lowest BCUT2D eigenvalue weighted by atomic mass is 10.1. The predicted octanol–water partition coefficient (Wildman–Crippen LogP) is 2.74. The highest BCUT2D eigenvalue weighted by Crippen LogP contribution is 2.41. The number of hydrogen-bond acceptors (Lipinski definition) is 6. The van der Waals surface area contributed by atoms with Crippen molar-refractivity contribution in [1.29, 1.82) is 0 Å². The number of aromatic hydroxyl groups is 1. The first-order chi connectivity index (χ1) is 11.0. The van der Waals surface area contributed by atoms with Crippen molar-refractivity contribution in [1.82, 2.24) is 0 Å². The van der Waals surface area contributed by atoms with Gasteiger partial charge in [-0.05, 0) is 29.8 Å². The zero-order valence-corrected chi connectivity index (χ0v) is 14.2. The van der Waals surface area contributed by atoms with Crippen molar-refractivity contribution >= 4 is 36.8 Å². The fourth-order valence-corrected chi connectivity index (χ4v) is 3.14. The molecule has 0 aliphatic heterocycles. The van der Waals surface area contributed by atoms with Gasteiger partial charge in [0.2, 0.25) is 0 Å². The van der Waals surface area contributed by atoms with Crippen molar-refractivity contribution in [2.75, 3.05) is 5.73 Å². The van der Waals surface area contributed by atoms with Crippen molar-refractivity contribution in [3.8, 4) is 26.6 Å². The summed E-state index contributed by atoms with van der Waals surface area (Å²) in [6.07, 6.45) is 0. The summed E-state index contributed by atoms with van der Waals surface area (Å²) in [4.78, 5) is 2.15. The highest BCUT2D eigenvalue weighted by molar-refractivity contribution is 7.18. The summed E-state index contributed by atoms with van der Waals surface area (Å²) in [6, 6.07) is 19.4. The second-order valence-electron chi connectivity index (χ2n) is 4.62. The number of rotatable bonds is 2. The Labute approximate surface area is 150 Å². The maximum Gasteiger partial charge on any atom is 0.631 e. The minimum Gasteiger partial charge on any atom is -0.507 e. The van der Waals surface area contributed by atoms with E-state index in [4.69, 9.17) is 20.8 Å². The molecule has 0 spiro atoms. The zero-order chi connectivity index (χ0) is 16.8. The molecule has 0 saturated heterocycles. The van der Waals surface area contributed by atoms with Gasteiger partial charge in [-0.15, -0.1) is 23.7 Å². The molecule has 0 radical (unpaired) electrons. The molecule has 6 N–H and O–H groups in total. The molecular weight excluding hydrogens is 349 g/mol. The van der Waals surface area contributed by atoms with E-state index in [1.54, 1.807) is 29.5 Å². The van der Waals surface area contributed by atoms with Crippen molar-refractivity contribution in [3.05, 3.63) is 60.7 Å². The highest BCUT2D eigenvalue weighted by atomic mass is 35.5. The van der Waals surface area contributed by atoms with E-state index in [2.05, 4.69) is 18.2 Å². The first-order valence-corrected chi connectivity index (χ1v) is 7.58. The van der Waals surface area contributed by atoms with Gasteiger partial charge < -0.3 is 25.9 Å². The molecule has 0 saturated carbocycles. The molecule has 0 fully saturated rings. The van der Waals surface area contributed by atoms with Crippen molar-refractivity contribution in [2.24, 2.45) is 0 Å². The van der Waals surface area contributed by atoms with Crippen molar-refractivity contribution in [2.45, 2.75) is 0 Å². The summed E-state index contributed by atoms with van der Waals surface area (Å²) >= 11 is 1.63. The molecule has 0 unspecified atom stereocenters. The molecule has 2 aromatic carbocycles. The topological polar surface area (TPSA) is 107 Å². The number of thiophene rings is 1. The Hall–Kier alpha value is -2.03. The fraction of sp³-hybridized carbons (Fsp3) is 0. The minimum absolute atomic E-state index is 0. The smallest absolute Gasteiger partial charge is 0.507 e. The van der Waals surface area contributed by atoms with Crippen LogP contribution < -0.4 is 5.73 Å². The van der Waals surface area contributed by atoms with E-state index in [0.29, 0.717) is 5.69 Å². The van der Waals surface area contributed by atoms with Crippen LogP contribution in [-0.2, 0) is 0 Å². The molecule has 5 nitrogen and oxygen atoms in total. The second-order valence-corrected chi connectivity index (χ2v) is 5.70. The molecule has 0 bridgehead atoms. The monoisotopic (exact) mass is 365 g/mol. The molecular formula is C16H17BClNO4S. The van der Waals surface area contributed by atoms with Gasteiger partial charge >= 0.3 is 7.32 Å². The average molecular weight is 366 g/mol. The van der Waals surface area contributed by atoms with Crippen LogP contribution in [0, 0.1) is 0 Å². The van der Waals surface area contributed by atoms with Crippen LogP contribution in [0.2, 0.25) is 0 Å². The maximum atomic E-state index is 9.95. The number of nitrogen functional groups attached to an aromatic ring is 1. The van der Waals surface area contributed by atoms with Crippen molar-refractivity contribution in [3.63, 3.8) is 0 Å². The quantitative estimate of drug-likeness (QED) is 0.354. The second kappa shape index (κ2) is 9.31. The lowest BCUT2D eigenvalue weighted by molar-refractivity contribution is 0.278. The summed E-state index contributed by atoms with van der Waals surface area (Å²) in [6.45, 7) is 0. The Morgan fingerprint density at radius 1 is 0.792 bits per heavy atom. The fourth-order valence-electron chi connectivity index (χ4n) is 2.06. The van der Waals surface area contributed by atoms with Crippen LogP contribution in [0.4, 0.5) is 5.69 Å². The first-order valence-electron chi connectivity index (χ1n) is 6.76. The Morgan fingerprint density at radius 2 is 1.38 bits per heavy atom. The van der Waals surface area contributed by atoms with Gasteiger partial charge in [0.05, 0.1) is 5.56 Å². The van der Waals surface area contributed by atoms with Gasteiger partial charge in [-0.1, -0.05) is 36.4 Å². The Kier molecular flexibility index (Phi) is 7.77. The number of anilines is 1. The number of benzene rings is 2. The molecule has 0 aliphatic carbocycles. The largest absolute Gasteiger partial charge is 0.631 e. The minimum atomic E-state index is -2.17. The van der Waals surface area contributed by atoms with Crippen LogP contribution in [0.3, 0.4) is 0 Å². The Bertz CT molecular complexity index is 745. The number of phenols is 1. The molecule has 0 aliphatic rings. The average Bonchev–Trinajstić information content (AvgIpc) is 2.97. The van der Waals surface area contributed by atoms with E-state index in [1.807, 2.05) is 24.3 Å². The van der Waals surface area contributed by atoms with Gasteiger partial charge in [0.1, 0.15) is 5.75 Å². The van der Waals surface area contributed by atoms with Crippen LogP contribution in [0.1, 0.15) is 0 Å². The van der Waals surface area contributed by atoms with E-state index in [0.717, 1.165) is 10.4 Å². The summed E-state index contributed by atoms with van der Waals surface area (Å²) in [5, 5.41) is 31.5. The van der Waals surface area contributed by atoms with Gasteiger partial charge in [-0.3, -0.25) is 0 Å². The molecule has 24 heavy (non-hydrogen) atoms. The lowest BCUT2D eigenvalue weighted by Gasteiger charge is -2.05. The van der Waals surface area contributed by atoms with Gasteiger partial charge in [0, 0.05) is 15.4 Å². The van der Waals surface area contributed by atoms with Gasteiger partial charge in [-0.2, -0.15) is 0 Å². The number of halogens is 1. The van der Waals surface area contributed by atoms with E-state index in [-0.39, 0.29) is 18.2 Å². The number of hydrogen-bond donors (Lipinski definition) is 5. The normalized spacial score (nSPS) is 9.46. The zero-order valence-electron chi connectivity index (χ0n) is 12.5. The Morgan fingerprint density at radius 3 is 1.96 bits per heavy atom. The standard InChI is InChI=1S/C16H13NOS.BH3O3.ClH/c17-12-7-4-8-13(18)16(12)15-10-9-14(19-15)11-5-2-1-3-6-11;2-1(3)4;/h1-10,18H,17H2;2-4H;1H. The molecule has 0 atom stereocenters. The van der Waals surface area contributed by atoms with Gasteiger partial charge in [-0.25, -0.2) is 0 Å². The maximum absolute atomic E-state index is 9.95. The van der Waals surface area contributed by atoms with Crippen LogP contribution in [-0.4, -0.2) is 27.5 Å². The number of nitrogens with two attached hydrogens (primary N) is 1. The van der Waals surface area contributed by atoms with Crippen molar-refractivity contribution < 1.29 is 20.2 Å². The third-order valence-electron chi connectivity index (χ3n) is 2.99. The third kappa shape index (κ3) is 5.26. The van der Waals surface area contributed by atoms with Crippen LogP contribution >= 0.6 is 23.7 Å². The Balaban J connectivity index is 0.000000522. The molecule has 0 amide bonds. The molecule has 3 aromatic rings. The summed E-state index contributed by atoms with van der Waals surface area (Å²) in [5.74, 6) is 0.224. The molecule has 1 heterocycles. The highest BCUT2D eigenvalue weighted by Gasteiger charge is 2.11. The van der Waals surface area contributed by atoms with E-state index >= 15 is 0 Å². The summed E-state index contributed by atoms with van der Waals surface area (Å²) < 4.78 is 0.